The second-order valence-electron chi connectivity index (χ2n) is 5.55. The average Bonchev–Trinajstić information content (AvgIpc) is 2.91. The highest BCUT2D eigenvalue weighted by Crippen LogP contribution is 2.17. The van der Waals surface area contributed by atoms with E-state index in [2.05, 4.69) is 10.3 Å². The number of aromatic nitrogens is 2. The highest BCUT2D eigenvalue weighted by molar-refractivity contribution is 7.15. The van der Waals surface area contributed by atoms with Gasteiger partial charge >= 0.3 is 0 Å². The summed E-state index contributed by atoms with van der Waals surface area (Å²) in [5.74, 6) is -0.293. The first kappa shape index (κ1) is 14.3. The van der Waals surface area contributed by atoms with Gasteiger partial charge in [0.15, 0.2) is 4.96 Å². The van der Waals surface area contributed by atoms with Crippen molar-refractivity contribution < 1.29 is 4.79 Å². The first-order valence-electron chi connectivity index (χ1n) is 7.51. The maximum atomic E-state index is 12.3. The van der Waals surface area contributed by atoms with Crippen molar-refractivity contribution in [2.45, 2.75) is 51.0 Å². The molecule has 1 aliphatic rings. The molecule has 2 aromatic heterocycles. The summed E-state index contributed by atoms with van der Waals surface area (Å²) in [7, 11) is 0. The molecule has 0 unspecified atom stereocenters. The lowest BCUT2D eigenvalue weighted by Crippen LogP contribution is -2.38. The fourth-order valence-corrected chi connectivity index (χ4v) is 3.52. The van der Waals surface area contributed by atoms with E-state index in [0.717, 1.165) is 25.7 Å². The monoisotopic (exact) mass is 305 g/mol. The number of nitrogens with one attached hydrogen (secondary N) is 1. The molecule has 1 amide bonds. The lowest BCUT2D eigenvalue weighted by atomic mass is 9.96. The highest BCUT2D eigenvalue weighted by Gasteiger charge is 2.18. The summed E-state index contributed by atoms with van der Waals surface area (Å²) in [6.07, 6.45) is 11.1. The topological polar surface area (TPSA) is 63.5 Å². The Balaban J connectivity index is 1.76. The minimum Gasteiger partial charge on any atom is -0.349 e. The minimum absolute atomic E-state index is 0.132. The molecule has 5 nitrogen and oxygen atoms in total. The maximum absolute atomic E-state index is 12.3. The Morgan fingerprint density at radius 3 is 2.71 bits per heavy atom. The van der Waals surface area contributed by atoms with Gasteiger partial charge in [0.1, 0.15) is 5.56 Å². The summed E-state index contributed by atoms with van der Waals surface area (Å²) in [5.41, 5.74) is -0.155. The number of rotatable bonds is 2. The van der Waals surface area contributed by atoms with Crippen LogP contribution in [0.25, 0.3) is 4.96 Å². The molecule has 6 heteroatoms. The molecule has 2 heterocycles. The predicted molar refractivity (Wildman–Crippen MR) is 82.9 cm³/mol. The molecule has 1 aliphatic carbocycles. The van der Waals surface area contributed by atoms with E-state index in [0.29, 0.717) is 4.96 Å². The van der Waals surface area contributed by atoms with E-state index in [1.807, 2.05) is 0 Å². The van der Waals surface area contributed by atoms with E-state index in [9.17, 15) is 9.59 Å². The Morgan fingerprint density at radius 2 is 1.95 bits per heavy atom. The third-order valence-corrected chi connectivity index (χ3v) is 4.80. The van der Waals surface area contributed by atoms with E-state index >= 15 is 0 Å². The number of thiazole rings is 1. The van der Waals surface area contributed by atoms with Gasteiger partial charge in [0.05, 0.1) is 0 Å². The van der Waals surface area contributed by atoms with Crippen molar-refractivity contribution in [3.63, 3.8) is 0 Å². The first-order valence-corrected chi connectivity index (χ1v) is 8.39. The van der Waals surface area contributed by atoms with Gasteiger partial charge in [0.25, 0.3) is 11.5 Å². The summed E-state index contributed by atoms with van der Waals surface area (Å²) in [5, 5.41) is 4.80. The normalized spacial score (nSPS) is 17.3. The molecule has 0 spiro atoms. The molecular weight excluding hydrogens is 286 g/mol. The van der Waals surface area contributed by atoms with Crippen molar-refractivity contribution >= 4 is 22.2 Å². The number of nitrogens with zero attached hydrogens (tertiary/aromatic N) is 2. The Kier molecular flexibility index (Phi) is 4.34. The zero-order chi connectivity index (χ0) is 14.7. The van der Waals surface area contributed by atoms with Crippen LogP contribution >= 0.6 is 11.3 Å². The van der Waals surface area contributed by atoms with E-state index in [-0.39, 0.29) is 23.1 Å². The average molecular weight is 305 g/mol. The van der Waals surface area contributed by atoms with Crippen molar-refractivity contribution in [1.82, 2.24) is 14.7 Å². The zero-order valence-corrected chi connectivity index (χ0v) is 12.7. The second-order valence-corrected chi connectivity index (χ2v) is 6.42. The quantitative estimate of drug-likeness (QED) is 0.927. The lowest BCUT2D eigenvalue weighted by molar-refractivity contribution is 0.0928. The summed E-state index contributed by atoms with van der Waals surface area (Å²) in [4.78, 5) is 29.4. The van der Waals surface area contributed by atoms with Crippen molar-refractivity contribution in [2.24, 2.45) is 0 Å². The Hall–Kier alpha value is -1.69. The van der Waals surface area contributed by atoms with Gasteiger partial charge in [-0.15, -0.1) is 11.3 Å². The number of carbonyl (C=O) groups excluding carboxylic acids is 1. The van der Waals surface area contributed by atoms with Crippen LogP contribution in [0, 0.1) is 0 Å². The SMILES string of the molecule is O=C(NC1CCCCCCC1)c1cnc2sccn2c1=O. The minimum atomic E-state index is -0.293. The summed E-state index contributed by atoms with van der Waals surface area (Å²) >= 11 is 1.38. The van der Waals surface area contributed by atoms with Crippen LogP contribution in [0.1, 0.15) is 55.3 Å². The molecule has 1 N–H and O–H groups in total. The molecule has 0 aromatic carbocycles. The molecular formula is C15H19N3O2S. The molecule has 0 radical (unpaired) electrons. The van der Waals surface area contributed by atoms with Crippen LogP contribution in [0.4, 0.5) is 0 Å². The van der Waals surface area contributed by atoms with Crippen molar-refractivity contribution in [2.75, 3.05) is 0 Å². The molecule has 0 saturated heterocycles. The van der Waals surface area contributed by atoms with Crippen LogP contribution in [0.2, 0.25) is 0 Å². The molecule has 112 valence electrons. The lowest BCUT2D eigenvalue weighted by Gasteiger charge is -2.20. The van der Waals surface area contributed by atoms with Gasteiger partial charge in [-0.25, -0.2) is 4.98 Å². The number of hydrogen-bond acceptors (Lipinski definition) is 4. The molecule has 0 atom stereocenters. The van der Waals surface area contributed by atoms with Crippen molar-refractivity contribution in [3.8, 4) is 0 Å². The van der Waals surface area contributed by atoms with Gasteiger partial charge in [-0.3, -0.25) is 14.0 Å². The summed E-state index contributed by atoms with van der Waals surface area (Å²) in [6, 6.07) is 0.181. The van der Waals surface area contributed by atoms with Crippen LogP contribution < -0.4 is 10.9 Å². The van der Waals surface area contributed by atoms with Crippen molar-refractivity contribution in [3.05, 3.63) is 33.7 Å². The van der Waals surface area contributed by atoms with Gasteiger partial charge in [-0.2, -0.15) is 0 Å². The molecule has 0 bridgehead atoms. The standard InChI is InChI=1S/C15H19N3O2S/c19-13(17-11-6-4-2-1-3-5-7-11)12-10-16-15-18(14(12)20)8-9-21-15/h8-11H,1-7H2,(H,17,19). The molecule has 3 rings (SSSR count). The summed E-state index contributed by atoms with van der Waals surface area (Å²) < 4.78 is 1.43. The second kappa shape index (κ2) is 6.39. The van der Waals surface area contributed by atoms with Crippen LogP contribution in [-0.4, -0.2) is 21.3 Å². The highest BCUT2D eigenvalue weighted by atomic mass is 32.1. The van der Waals surface area contributed by atoms with Gasteiger partial charge < -0.3 is 5.32 Å². The van der Waals surface area contributed by atoms with E-state index in [1.54, 1.807) is 11.6 Å². The van der Waals surface area contributed by atoms with Crippen LogP contribution in [0.15, 0.2) is 22.6 Å². The Bertz CT molecular complexity index is 684. The first-order chi connectivity index (χ1) is 10.3. The number of hydrogen-bond donors (Lipinski definition) is 1. The van der Waals surface area contributed by atoms with E-state index < -0.39 is 0 Å². The molecule has 1 fully saturated rings. The molecule has 2 aromatic rings. The Labute approximate surface area is 127 Å². The number of amides is 1. The van der Waals surface area contributed by atoms with Gasteiger partial charge in [-0.05, 0) is 12.8 Å². The molecule has 1 saturated carbocycles. The van der Waals surface area contributed by atoms with Crippen LogP contribution in [0.5, 0.6) is 0 Å². The zero-order valence-electron chi connectivity index (χ0n) is 11.9. The van der Waals surface area contributed by atoms with E-state index in [1.165, 1.54) is 41.2 Å². The smallest absolute Gasteiger partial charge is 0.271 e. The van der Waals surface area contributed by atoms with Gasteiger partial charge in [0.2, 0.25) is 0 Å². The summed E-state index contributed by atoms with van der Waals surface area (Å²) in [6.45, 7) is 0. The third-order valence-electron chi connectivity index (χ3n) is 4.03. The fraction of sp³-hybridized carbons (Fsp3) is 0.533. The van der Waals surface area contributed by atoms with E-state index in [4.69, 9.17) is 0 Å². The van der Waals surface area contributed by atoms with Crippen LogP contribution in [0.3, 0.4) is 0 Å². The van der Waals surface area contributed by atoms with Crippen LogP contribution in [-0.2, 0) is 0 Å². The van der Waals surface area contributed by atoms with Crippen molar-refractivity contribution in [1.29, 1.82) is 0 Å². The molecule has 0 aliphatic heterocycles. The Morgan fingerprint density at radius 1 is 1.24 bits per heavy atom. The number of carbonyl (C=O) groups is 1. The number of fused-ring (bicyclic) bond motifs is 1. The largest absolute Gasteiger partial charge is 0.349 e. The van der Waals surface area contributed by atoms with Gasteiger partial charge in [0, 0.05) is 23.8 Å². The van der Waals surface area contributed by atoms with Gasteiger partial charge in [-0.1, -0.05) is 32.1 Å². The molecule has 21 heavy (non-hydrogen) atoms. The predicted octanol–water partition coefficient (Wildman–Crippen LogP) is 2.60. The third kappa shape index (κ3) is 3.15. The maximum Gasteiger partial charge on any atom is 0.271 e. The fourth-order valence-electron chi connectivity index (χ4n) is 2.84.